The van der Waals surface area contributed by atoms with Crippen LogP contribution in [0.25, 0.3) is 6.08 Å². The third kappa shape index (κ3) is 5.43. The summed E-state index contributed by atoms with van der Waals surface area (Å²) in [7, 11) is -3.12. The van der Waals surface area contributed by atoms with Gasteiger partial charge in [0.1, 0.15) is 11.6 Å². The molecule has 11 heteroatoms. The number of halogens is 1. The number of benzene rings is 2. The molecular weight excluding hydrogens is 561 g/mol. The molecule has 2 fully saturated rings. The average molecular weight is 596 g/mol. The molecule has 0 bridgehead atoms. The van der Waals surface area contributed by atoms with E-state index in [0.29, 0.717) is 41.5 Å². The first-order chi connectivity index (χ1) is 20.0. The van der Waals surface area contributed by atoms with Gasteiger partial charge in [-0.3, -0.25) is 4.90 Å². The van der Waals surface area contributed by atoms with Crippen LogP contribution in [0.5, 0.6) is 11.5 Å². The van der Waals surface area contributed by atoms with Gasteiger partial charge in [0.25, 0.3) is 5.79 Å². The zero-order valence-corrected chi connectivity index (χ0v) is 24.4. The van der Waals surface area contributed by atoms with E-state index in [-0.39, 0.29) is 24.0 Å². The van der Waals surface area contributed by atoms with E-state index in [4.69, 9.17) is 14.6 Å². The lowest BCUT2D eigenvalue weighted by Crippen LogP contribution is -2.40. The number of imidazole rings is 1. The lowest BCUT2D eigenvalue weighted by atomic mass is 9.88. The Bertz CT molecular complexity index is 1660. The molecule has 4 heterocycles. The second-order valence-corrected chi connectivity index (χ2v) is 13.9. The summed E-state index contributed by atoms with van der Waals surface area (Å²) in [6.45, 7) is 5.94. The van der Waals surface area contributed by atoms with E-state index in [1.165, 1.54) is 12.1 Å². The van der Waals surface area contributed by atoms with Gasteiger partial charge in [-0.2, -0.15) is 0 Å². The summed E-state index contributed by atoms with van der Waals surface area (Å²) in [5.74, 6) is -0.309. The van der Waals surface area contributed by atoms with Crippen molar-refractivity contribution >= 4 is 21.9 Å². The van der Waals surface area contributed by atoms with Gasteiger partial charge in [-0.05, 0) is 75.0 Å². The second kappa shape index (κ2) is 10.9. The highest BCUT2D eigenvalue weighted by molar-refractivity contribution is 7.93. The van der Waals surface area contributed by atoms with Crippen LogP contribution in [-0.2, 0) is 33.5 Å². The van der Waals surface area contributed by atoms with Crippen LogP contribution in [0.4, 0.5) is 4.39 Å². The summed E-state index contributed by atoms with van der Waals surface area (Å²) in [6.07, 6.45) is 6.42. The first-order valence-corrected chi connectivity index (χ1v) is 15.9. The number of ether oxygens (including phenoxy) is 2. The van der Waals surface area contributed by atoms with Gasteiger partial charge in [0.15, 0.2) is 21.3 Å². The predicted octanol–water partition coefficient (Wildman–Crippen LogP) is 4.64. The number of likely N-dealkylation sites (tertiary alicyclic amines) is 1. The van der Waals surface area contributed by atoms with Crippen LogP contribution < -0.4 is 9.47 Å². The number of sulfone groups is 1. The maximum atomic E-state index is 14.9. The molecule has 6 rings (SSSR count). The molecule has 222 valence electrons. The van der Waals surface area contributed by atoms with Gasteiger partial charge in [-0.25, -0.2) is 22.6 Å². The van der Waals surface area contributed by atoms with E-state index >= 15 is 0 Å². The summed E-state index contributed by atoms with van der Waals surface area (Å²) in [4.78, 5) is 17.9. The fraction of sp³-hybridized carbons (Fsp3) is 0.419. The number of piperidine rings is 1. The second-order valence-electron chi connectivity index (χ2n) is 11.5. The zero-order valence-electron chi connectivity index (χ0n) is 23.6. The van der Waals surface area contributed by atoms with E-state index in [0.717, 1.165) is 43.1 Å². The molecule has 0 spiro atoms. The van der Waals surface area contributed by atoms with Crippen LogP contribution in [0.15, 0.2) is 48.7 Å². The molecule has 42 heavy (non-hydrogen) atoms. The Morgan fingerprint density at radius 1 is 1.19 bits per heavy atom. The Morgan fingerprint density at radius 3 is 2.64 bits per heavy atom. The summed E-state index contributed by atoms with van der Waals surface area (Å²) in [5.41, 5.74) is 2.80. The monoisotopic (exact) mass is 595 g/mol. The number of hydrogen-bond acceptors (Lipinski definition) is 7. The number of nitrogens with zero attached hydrogens (tertiary/aromatic N) is 3. The van der Waals surface area contributed by atoms with Crippen molar-refractivity contribution in [3.05, 3.63) is 82.7 Å². The summed E-state index contributed by atoms with van der Waals surface area (Å²) in [6, 6.07) is 10.9. The number of hydrogen-bond donors (Lipinski definition) is 1. The highest BCUT2D eigenvalue weighted by Gasteiger charge is 2.43. The average Bonchev–Trinajstić information content (AvgIpc) is 3.49. The first-order valence-electron chi connectivity index (χ1n) is 14.2. The number of aromatic nitrogens is 2. The molecule has 0 amide bonds. The van der Waals surface area contributed by atoms with Crippen molar-refractivity contribution in [1.82, 2.24) is 14.5 Å². The van der Waals surface area contributed by atoms with Crippen LogP contribution in [0.1, 0.15) is 60.3 Å². The third-order valence-electron chi connectivity index (χ3n) is 8.60. The highest BCUT2D eigenvalue weighted by atomic mass is 32.2. The van der Waals surface area contributed by atoms with Gasteiger partial charge >= 0.3 is 5.97 Å². The largest absolute Gasteiger partial charge is 0.478 e. The fourth-order valence-corrected chi connectivity index (χ4v) is 7.44. The van der Waals surface area contributed by atoms with E-state index < -0.39 is 26.8 Å². The number of aryl methyl sites for hydroxylation is 1. The van der Waals surface area contributed by atoms with Crippen LogP contribution in [0.3, 0.4) is 0 Å². The molecule has 0 aliphatic carbocycles. The van der Waals surface area contributed by atoms with Gasteiger partial charge < -0.3 is 19.1 Å². The normalized spacial score (nSPS) is 23.7. The predicted molar refractivity (Wildman–Crippen MR) is 155 cm³/mol. The topological polar surface area (TPSA) is 111 Å². The molecule has 0 unspecified atom stereocenters. The smallest absolute Gasteiger partial charge is 0.328 e. The molecule has 2 aromatic carbocycles. The quantitative estimate of drug-likeness (QED) is 0.375. The van der Waals surface area contributed by atoms with Crippen LogP contribution in [0, 0.1) is 12.7 Å². The lowest BCUT2D eigenvalue weighted by molar-refractivity contribution is -0.131. The van der Waals surface area contributed by atoms with Crippen molar-refractivity contribution < 1.29 is 32.2 Å². The Morgan fingerprint density at radius 2 is 1.98 bits per heavy atom. The molecule has 1 aromatic heterocycles. The van der Waals surface area contributed by atoms with Crippen molar-refractivity contribution in [2.24, 2.45) is 0 Å². The SMILES string of the molecule is Cc1ccc([C@@]2(C)Oc3cccc(C4CCN(Cc5ncc(/C=C/C(=O)O)n5C[C@H]5CCS5(=O)=O)CC4)c3O2)c(F)c1. The molecule has 9 nitrogen and oxygen atoms in total. The molecule has 0 radical (unpaired) electrons. The minimum atomic E-state index is -3.12. The molecule has 3 aliphatic rings. The van der Waals surface area contributed by atoms with Crippen molar-refractivity contribution in [1.29, 1.82) is 0 Å². The molecule has 2 saturated heterocycles. The molecule has 2 atom stereocenters. The van der Waals surface area contributed by atoms with Crippen molar-refractivity contribution in [3.8, 4) is 11.5 Å². The van der Waals surface area contributed by atoms with Gasteiger partial charge in [-0.1, -0.05) is 18.2 Å². The van der Waals surface area contributed by atoms with Gasteiger partial charge in [0, 0.05) is 25.1 Å². The minimum Gasteiger partial charge on any atom is -0.478 e. The minimum absolute atomic E-state index is 0.187. The Balaban J connectivity index is 1.15. The number of fused-ring (bicyclic) bond motifs is 1. The Hall–Kier alpha value is -3.70. The zero-order chi connectivity index (χ0) is 29.6. The molecule has 3 aliphatic heterocycles. The lowest BCUT2D eigenvalue weighted by Gasteiger charge is -2.33. The van der Waals surface area contributed by atoms with Crippen LogP contribution in [0.2, 0.25) is 0 Å². The Labute approximate surface area is 244 Å². The number of para-hydroxylation sites is 1. The number of rotatable bonds is 8. The number of aliphatic carboxylic acids is 1. The van der Waals surface area contributed by atoms with E-state index in [1.807, 2.05) is 35.8 Å². The molecular formula is C31H34FN3O6S. The highest BCUT2D eigenvalue weighted by Crippen LogP contribution is 2.49. The first kappa shape index (κ1) is 28.4. The van der Waals surface area contributed by atoms with E-state index in [2.05, 4.69) is 9.88 Å². The van der Waals surface area contributed by atoms with Crippen molar-refractivity contribution in [3.63, 3.8) is 0 Å². The van der Waals surface area contributed by atoms with E-state index in [9.17, 15) is 17.6 Å². The molecule has 1 N–H and O–H groups in total. The molecule has 3 aromatic rings. The Kier molecular flexibility index (Phi) is 7.34. The third-order valence-corrected chi connectivity index (χ3v) is 10.8. The number of carbonyl (C=O) groups is 1. The number of carboxylic acids is 1. The summed E-state index contributed by atoms with van der Waals surface area (Å²) in [5, 5.41) is 8.61. The standard InChI is InChI=1S/C31H34FN3O6S/c1-20-6-8-25(26(32)16-20)31(2)40-27-5-3-4-24(30(27)41-31)21-10-13-34(14-11-21)19-28-33-17-22(7-9-29(36)37)35(28)18-23-12-15-42(23,38)39/h3-9,16-17,21,23H,10-15,18-19H2,1-2H3,(H,36,37)/b9-7+/t23-,31+/m1/s1. The van der Waals surface area contributed by atoms with Crippen LogP contribution >= 0.6 is 0 Å². The summed E-state index contributed by atoms with van der Waals surface area (Å²) < 4.78 is 53.7. The van der Waals surface area contributed by atoms with Crippen molar-refractivity contribution in [2.45, 2.75) is 63.2 Å². The van der Waals surface area contributed by atoms with Crippen LogP contribution in [-0.4, -0.2) is 58.0 Å². The maximum absolute atomic E-state index is 14.9. The fourth-order valence-electron chi connectivity index (χ4n) is 6.11. The van der Waals surface area contributed by atoms with Gasteiger partial charge in [0.2, 0.25) is 0 Å². The maximum Gasteiger partial charge on any atom is 0.328 e. The summed E-state index contributed by atoms with van der Waals surface area (Å²) >= 11 is 0. The van der Waals surface area contributed by atoms with E-state index in [1.54, 1.807) is 19.2 Å². The van der Waals surface area contributed by atoms with Gasteiger partial charge in [0.05, 0.1) is 35.0 Å². The van der Waals surface area contributed by atoms with Gasteiger partial charge in [-0.15, -0.1) is 0 Å². The molecule has 0 saturated carbocycles. The number of carboxylic acid groups (broad SMARTS) is 1. The van der Waals surface area contributed by atoms with Crippen molar-refractivity contribution in [2.75, 3.05) is 18.8 Å².